The van der Waals surface area contributed by atoms with Crippen LogP contribution in [0.1, 0.15) is 18.4 Å². The second-order valence-electron chi connectivity index (χ2n) is 9.80. The number of imide groups is 4. The van der Waals surface area contributed by atoms with E-state index in [1.165, 1.54) is 13.2 Å². The first-order chi connectivity index (χ1) is 18.5. The van der Waals surface area contributed by atoms with E-state index in [9.17, 15) is 29.1 Å². The first kappa shape index (κ1) is 27.7. The number of amides is 5. The Morgan fingerprint density at radius 2 is 1.87 bits per heavy atom. The minimum absolute atomic E-state index is 0.0638. The van der Waals surface area contributed by atoms with Crippen LogP contribution in [0.15, 0.2) is 35.9 Å². The predicted molar refractivity (Wildman–Crippen MR) is 142 cm³/mol. The molecule has 39 heavy (non-hydrogen) atoms. The fourth-order valence-electron chi connectivity index (χ4n) is 6.28. The van der Waals surface area contributed by atoms with Crippen LogP contribution in [0.3, 0.4) is 0 Å². The molecule has 3 fully saturated rings. The maximum Gasteiger partial charge on any atom is 0.423 e. The lowest BCUT2D eigenvalue weighted by Crippen LogP contribution is -2.60. The number of rotatable bonds is 4. The molecule has 206 valence electrons. The number of alkyl halides is 3. The second-order valence-corrected chi connectivity index (χ2v) is 11.5. The Balaban J connectivity index is 1.64. The van der Waals surface area contributed by atoms with E-state index < -0.39 is 63.1 Å². The van der Waals surface area contributed by atoms with E-state index in [2.05, 4.69) is 20.7 Å². The first-order valence-electron chi connectivity index (χ1n) is 12.0. The van der Waals surface area contributed by atoms with Gasteiger partial charge in [-0.1, -0.05) is 45.8 Å². The Bertz CT molecular complexity index is 1380. The number of carbonyl (C=O) groups excluding carboxylic acids is 5. The van der Waals surface area contributed by atoms with Gasteiger partial charge in [-0.2, -0.15) is 4.90 Å². The quantitative estimate of drug-likeness (QED) is 0.229. The van der Waals surface area contributed by atoms with E-state index in [1.54, 1.807) is 30.4 Å². The van der Waals surface area contributed by atoms with Crippen molar-refractivity contribution in [3.63, 3.8) is 0 Å². The first-order valence-corrected chi connectivity index (χ1v) is 13.8. The van der Waals surface area contributed by atoms with Crippen molar-refractivity contribution in [1.29, 1.82) is 0 Å². The van der Waals surface area contributed by atoms with Gasteiger partial charge in [-0.15, -0.1) is 23.2 Å². The van der Waals surface area contributed by atoms with Gasteiger partial charge < -0.3 is 14.6 Å². The molecule has 0 aromatic heterocycles. The minimum Gasteiger partial charge on any atom is -0.504 e. The number of halogens is 3. The van der Waals surface area contributed by atoms with Gasteiger partial charge in [0.1, 0.15) is 0 Å². The van der Waals surface area contributed by atoms with E-state index in [0.717, 1.165) is 12.0 Å². The van der Waals surface area contributed by atoms with Gasteiger partial charge in [-0.25, -0.2) is 4.79 Å². The van der Waals surface area contributed by atoms with Crippen LogP contribution in [0.2, 0.25) is 0 Å². The van der Waals surface area contributed by atoms with E-state index in [1.807, 2.05) is 0 Å². The van der Waals surface area contributed by atoms with Crippen molar-refractivity contribution in [2.24, 2.45) is 23.7 Å². The zero-order valence-corrected chi connectivity index (χ0v) is 23.8. The van der Waals surface area contributed by atoms with E-state index in [4.69, 9.17) is 27.9 Å². The van der Waals surface area contributed by atoms with Crippen molar-refractivity contribution in [3.8, 4) is 11.5 Å². The number of carbonyl (C=O) groups is 5. The van der Waals surface area contributed by atoms with Crippen LogP contribution in [-0.4, -0.2) is 74.1 Å². The molecule has 10 nitrogen and oxygen atoms in total. The molecule has 1 N–H and O–H groups in total. The molecule has 0 bridgehead atoms. The number of hydrogen-bond donors (Lipinski definition) is 1. The van der Waals surface area contributed by atoms with Gasteiger partial charge in [0.2, 0.25) is 11.8 Å². The van der Waals surface area contributed by atoms with E-state index in [0.29, 0.717) is 16.0 Å². The fraction of sp³-hybridized carbons (Fsp3) is 0.423. The molecule has 0 unspecified atom stereocenters. The van der Waals surface area contributed by atoms with Crippen molar-refractivity contribution in [3.05, 3.63) is 41.5 Å². The second kappa shape index (κ2) is 9.64. The highest BCUT2D eigenvalue weighted by Gasteiger charge is 2.75. The summed E-state index contributed by atoms with van der Waals surface area (Å²) in [6.07, 6.45) is 3.89. The molecule has 2 aliphatic carbocycles. The van der Waals surface area contributed by atoms with Crippen LogP contribution < -0.4 is 4.74 Å². The monoisotopic (exact) mass is 640 g/mol. The Kier molecular flexibility index (Phi) is 6.84. The van der Waals surface area contributed by atoms with Crippen molar-refractivity contribution in [2.45, 2.75) is 22.6 Å². The number of aromatic hydroxyl groups is 1. The molecule has 0 radical (unpaired) electrons. The Hall–Kier alpha value is -2.89. The summed E-state index contributed by atoms with van der Waals surface area (Å²) in [5.41, 5.74) is 1.04. The number of phenols is 1. The van der Waals surface area contributed by atoms with Gasteiger partial charge in [0.25, 0.3) is 11.8 Å². The summed E-state index contributed by atoms with van der Waals surface area (Å²) in [5, 5.41) is 9.95. The lowest BCUT2D eigenvalue weighted by atomic mass is 9.57. The average Bonchev–Trinajstić information content (AvgIpc) is 3.26. The third kappa shape index (κ3) is 3.69. The minimum atomic E-state index is -1.94. The van der Waals surface area contributed by atoms with Crippen molar-refractivity contribution in [2.75, 3.05) is 19.7 Å². The Morgan fingerprint density at radius 3 is 2.51 bits per heavy atom. The van der Waals surface area contributed by atoms with Crippen molar-refractivity contribution < 1.29 is 38.6 Å². The SMILES string of the molecule is COC(=O)N1C(=O)[C@H]2[C@H](CC=C3[C@H]2C[C@@]2(Cl)C(=O)N(CBr)C(=O)[C@@]2(Cl)[C@H]3C=Cc2ccc(O)c(OC)c2)C1=O. The highest BCUT2D eigenvalue weighted by Crippen LogP contribution is 2.63. The Labute approximate surface area is 241 Å². The third-order valence-electron chi connectivity index (χ3n) is 8.11. The maximum atomic E-state index is 13.6. The average molecular weight is 642 g/mol. The molecule has 1 saturated carbocycles. The summed E-state index contributed by atoms with van der Waals surface area (Å²) in [5.74, 6) is -6.21. The summed E-state index contributed by atoms with van der Waals surface area (Å²) in [6.45, 7) is 0. The van der Waals surface area contributed by atoms with Crippen LogP contribution in [0.5, 0.6) is 11.5 Å². The van der Waals surface area contributed by atoms with Crippen LogP contribution in [-0.2, 0) is 23.9 Å². The number of ether oxygens (including phenoxy) is 2. The number of phenolic OH excluding ortho intramolecular Hbond substituents is 1. The number of benzene rings is 1. The molecule has 6 atom stereocenters. The van der Waals surface area contributed by atoms with Gasteiger partial charge in [-0.05, 0) is 36.5 Å². The molecular weight excluding hydrogens is 619 g/mol. The predicted octanol–water partition coefficient (Wildman–Crippen LogP) is 3.42. The largest absolute Gasteiger partial charge is 0.504 e. The van der Waals surface area contributed by atoms with Gasteiger partial charge in [0.15, 0.2) is 21.2 Å². The summed E-state index contributed by atoms with van der Waals surface area (Å²) in [6, 6.07) is 4.64. The lowest BCUT2D eigenvalue weighted by Gasteiger charge is -2.49. The van der Waals surface area contributed by atoms with Gasteiger partial charge in [0, 0.05) is 5.92 Å². The van der Waals surface area contributed by atoms with Gasteiger partial charge in [0.05, 0.1) is 31.5 Å². The topological polar surface area (TPSA) is 131 Å². The standard InChI is InChI=1S/C26H23BrCl2N2O8/c1-38-18-9-12(4-8-17(18)32)3-7-16-13-5-6-14-19(21(34)31(20(14)33)24(37)39-2)15(13)10-25(28)22(35)30(11-27)23(36)26(16,25)29/h3-5,7-9,14-16,19,32H,6,10-11H2,1-2H3/t14-,15+,16-,19-,25+,26-/m0/s1. The number of likely N-dealkylation sites (tertiary alicyclic amines) is 2. The maximum absolute atomic E-state index is 13.6. The van der Waals surface area contributed by atoms with Crippen LogP contribution >= 0.6 is 39.1 Å². The van der Waals surface area contributed by atoms with Gasteiger partial charge in [-0.3, -0.25) is 24.1 Å². The fourth-order valence-corrected chi connectivity index (χ4v) is 7.66. The van der Waals surface area contributed by atoms with E-state index >= 15 is 0 Å². The molecule has 5 amide bonds. The Morgan fingerprint density at radius 1 is 1.15 bits per heavy atom. The summed E-state index contributed by atoms with van der Waals surface area (Å²) >= 11 is 17.3. The number of hydrogen-bond acceptors (Lipinski definition) is 8. The molecule has 2 heterocycles. The number of allylic oxidation sites excluding steroid dienone is 3. The zero-order valence-electron chi connectivity index (χ0n) is 20.7. The third-order valence-corrected chi connectivity index (χ3v) is 10.0. The summed E-state index contributed by atoms with van der Waals surface area (Å²) in [4.78, 5) is 63.4. The molecule has 13 heteroatoms. The number of fused-ring (bicyclic) bond motifs is 4. The number of methoxy groups -OCH3 is 2. The molecule has 2 aliphatic heterocycles. The smallest absolute Gasteiger partial charge is 0.423 e. The molecule has 4 aliphatic rings. The van der Waals surface area contributed by atoms with Crippen LogP contribution in [0, 0.1) is 23.7 Å². The van der Waals surface area contributed by atoms with Crippen LogP contribution in [0.4, 0.5) is 4.79 Å². The zero-order chi connectivity index (χ0) is 28.4. The van der Waals surface area contributed by atoms with Crippen molar-refractivity contribution >= 4 is 74.9 Å². The number of nitrogens with zero attached hydrogens (tertiary/aromatic N) is 2. The normalized spacial score (nSPS) is 33.7. The van der Waals surface area contributed by atoms with Crippen LogP contribution in [0.25, 0.3) is 6.08 Å². The molecule has 1 aromatic rings. The summed E-state index contributed by atoms with van der Waals surface area (Å²) in [7, 11) is 2.48. The molecular formula is C26H23BrCl2N2O8. The lowest BCUT2D eigenvalue weighted by molar-refractivity contribution is -0.140. The summed E-state index contributed by atoms with van der Waals surface area (Å²) < 4.78 is 9.82. The molecule has 1 aromatic carbocycles. The van der Waals surface area contributed by atoms with E-state index in [-0.39, 0.29) is 29.8 Å². The van der Waals surface area contributed by atoms with Gasteiger partial charge >= 0.3 is 6.09 Å². The molecule has 0 spiro atoms. The van der Waals surface area contributed by atoms with Crippen molar-refractivity contribution in [1.82, 2.24) is 9.80 Å². The molecule has 5 rings (SSSR count). The highest BCUT2D eigenvalue weighted by atomic mass is 79.9. The highest BCUT2D eigenvalue weighted by molar-refractivity contribution is 9.09. The molecule has 2 saturated heterocycles.